The van der Waals surface area contributed by atoms with Gasteiger partial charge in [-0.3, -0.25) is 4.79 Å². The lowest BCUT2D eigenvalue weighted by molar-refractivity contribution is -0.113. The molecule has 9 heteroatoms. The van der Waals surface area contributed by atoms with Crippen molar-refractivity contribution in [1.82, 2.24) is 10.6 Å². The van der Waals surface area contributed by atoms with Crippen LogP contribution in [0.4, 0.5) is 14.5 Å². The summed E-state index contributed by atoms with van der Waals surface area (Å²) in [6.07, 6.45) is 0. The summed E-state index contributed by atoms with van der Waals surface area (Å²) in [6, 6.07) is 7.36. The molecule has 0 saturated heterocycles. The van der Waals surface area contributed by atoms with Crippen LogP contribution in [0, 0.1) is 11.6 Å². The summed E-state index contributed by atoms with van der Waals surface area (Å²) < 4.78 is 26.5. The highest BCUT2D eigenvalue weighted by Gasteiger charge is 2.31. The van der Waals surface area contributed by atoms with Gasteiger partial charge in [0.2, 0.25) is 0 Å². The van der Waals surface area contributed by atoms with Gasteiger partial charge in [-0.25, -0.2) is 8.78 Å². The summed E-state index contributed by atoms with van der Waals surface area (Å²) in [5.41, 5.74) is 1.53. The van der Waals surface area contributed by atoms with Gasteiger partial charge in [0.15, 0.2) is 16.7 Å². The summed E-state index contributed by atoms with van der Waals surface area (Å²) in [5, 5.41) is 9.58. The number of benzene rings is 2. The Hall–Kier alpha value is -2.22. The van der Waals surface area contributed by atoms with Crippen molar-refractivity contribution in [3.8, 4) is 0 Å². The van der Waals surface area contributed by atoms with Crippen LogP contribution in [0.25, 0.3) is 0 Å². The molecule has 0 aliphatic carbocycles. The van der Waals surface area contributed by atoms with Gasteiger partial charge in [0, 0.05) is 27.5 Å². The number of hydrogen-bond acceptors (Lipinski definition) is 2. The Morgan fingerprint density at radius 1 is 1.15 bits per heavy atom. The highest BCUT2D eigenvalue weighted by molar-refractivity contribution is 7.80. The number of carbonyl (C=O) groups is 1. The fourth-order valence-electron chi connectivity index (χ4n) is 2.74. The Kier molecular flexibility index (Phi) is 5.64. The molecule has 1 atom stereocenters. The first-order valence-electron chi connectivity index (χ1n) is 7.76. The van der Waals surface area contributed by atoms with E-state index in [2.05, 4.69) is 16.0 Å². The monoisotopic (exact) mass is 427 g/mol. The first-order valence-corrected chi connectivity index (χ1v) is 8.92. The molecule has 1 amide bonds. The average molecular weight is 428 g/mol. The van der Waals surface area contributed by atoms with Gasteiger partial charge in [-0.05, 0) is 49.0 Å². The SMILES string of the molecule is CC1=C(C(=O)Nc2ccc(F)c(F)c2)[C@@H](c2ccc(Cl)cc2Cl)NC(=S)N1. The molecular weight excluding hydrogens is 415 g/mol. The lowest BCUT2D eigenvalue weighted by Gasteiger charge is -2.31. The van der Waals surface area contributed by atoms with Crippen LogP contribution in [0.15, 0.2) is 47.7 Å². The highest BCUT2D eigenvalue weighted by Crippen LogP contribution is 2.33. The summed E-state index contributed by atoms with van der Waals surface area (Å²) in [6.45, 7) is 1.68. The maximum atomic E-state index is 13.4. The number of halogens is 4. The first kappa shape index (κ1) is 19.5. The number of hydrogen-bond donors (Lipinski definition) is 3. The summed E-state index contributed by atoms with van der Waals surface area (Å²) in [7, 11) is 0. The molecule has 4 nitrogen and oxygen atoms in total. The van der Waals surface area contributed by atoms with Crippen LogP contribution in [0.2, 0.25) is 10.0 Å². The Morgan fingerprint density at radius 3 is 2.56 bits per heavy atom. The molecule has 0 saturated carbocycles. The smallest absolute Gasteiger partial charge is 0.255 e. The molecule has 0 spiro atoms. The van der Waals surface area contributed by atoms with Gasteiger partial charge in [0.25, 0.3) is 5.91 Å². The minimum atomic E-state index is -1.06. The standard InChI is InChI=1S/C18H13Cl2F2N3OS/c1-8-15(17(26)24-10-3-5-13(21)14(22)7-10)16(25-18(27)23-8)11-4-2-9(19)6-12(11)20/h2-7,16H,1H3,(H,24,26)(H2,23,25,27)/t16-/m1/s1. The average Bonchev–Trinajstić information content (AvgIpc) is 2.57. The highest BCUT2D eigenvalue weighted by atomic mass is 35.5. The van der Waals surface area contributed by atoms with Crippen molar-refractivity contribution in [3.63, 3.8) is 0 Å². The molecule has 1 aliphatic heterocycles. The molecule has 3 rings (SSSR count). The van der Waals surface area contributed by atoms with E-state index in [9.17, 15) is 13.6 Å². The van der Waals surface area contributed by atoms with Crippen LogP contribution in [0.1, 0.15) is 18.5 Å². The predicted octanol–water partition coefficient (Wildman–Crippen LogP) is 4.70. The fraction of sp³-hybridized carbons (Fsp3) is 0.111. The van der Waals surface area contributed by atoms with E-state index in [0.29, 0.717) is 32.0 Å². The Labute approximate surface area is 169 Å². The fourth-order valence-corrected chi connectivity index (χ4v) is 3.52. The molecule has 0 radical (unpaired) electrons. The molecule has 0 unspecified atom stereocenters. The first-order chi connectivity index (χ1) is 12.8. The minimum absolute atomic E-state index is 0.119. The predicted molar refractivity (Wildman–Crippen MR) is 106 cm³/mol. The quantitative estimate of drug-likeness (QED) is 0.621. The van der Waals surface area contributed by atoms with Crippen LogP contribution in [0.3, 0.4) is 0 Å². The molecule has 2 aromatic rings. The van der Waals surface area contributed by atoms with Crippen molar-refractivity contribution in [2.24, 2.45) is 0 Å². The lowest BCUT2D eigenvalue weighted by atomic mass is 9.95. The molecule has 2 aromatic carbocycles. The van der Waals surface area contributed by atoms with E-state index < -0.39 is 23.6 Å². The Bertz CT molecular complexity index is 981. The number of allylic oxidation sites excluding steroid dienone is 1. The zero-order chi connectivity index (χ0) is 19.7. The molecule has 0 bridgehead atoms. The van der Waals surface area contributed by atoms with Gasteiger partial charge in [-0.2, -0.15) is 0 Å². The summed E-state index contributed by atoms with van der Waals surface area (Å²) in [4.78, 5) is 12.9. The van der Waals surface area contributed by atoms with E-state index in [-0.39, 0.29) is 5.69 Å². The third-order valence-electron chi connectivity index (χ3n) is 3.96. The number of rotatable bonds is 3. The molecule has 3 N–H and O–H groups in total. The van der Waals surface area contributed by atoms with Gasteiger partial charge in [0.05, 0.1) is 11.6 Å². The van der Waals surface area contributed by atoms with Crippen molar-refractivity contribution in [2.45, 2.75) is 13.0 Å². The zero-order valence-corrected chi connectivity index (χ0v) is 16.2. The van der Waals surface area contributed by atoms with E-state index in [1.54, 1.807) is 25.1 Å². The van der Waals surface area contributed by atoms with E-state index in [4.69, 9.17) is 35.4 Å². The molecule has 1 aliphatic rings. The maximum absolute atomic E-state index is 13.4. The van der Waals surface area contributed by atoms with E-state index in [1.807, 2.05) is 0 Å². The molecule has 1 heterocycles. The van der Waals surface area contributed by atoms with Gasteiger partial charge in [-0.1, -0.05) is 29.3 Å². The number of amides is 1. The minimum Gasteiger partial charge on any atom is -0.351 e. The normalized spacial score (nSPS) is 16.6. The van der Waals surface area contributed by atoms with Crippen LogP contribution < -0.4 is 16.0 Å². The van der Waals surface area contributed by atoms with Crippen molar-refractivity contribution >= 4 is 52.1 Å². The van der Waals surface area contributed by atoms with E-state index in [0.717, 1.165) is 12.1 Å². The molecule has 140 valence electrons. The third kappa shape index (κ3) is 4.21. The van der Waals surface area contributed by atoms with Crippen LogP contribution in [0.5, 0.6) is 0 Å². The van der Waals surface area contributed by atoms with Gasteiger partial charge in [0.1, 0.15) is 0 Å². The van der Waals surface area contributed by atoms with Crippen LogP contribution in [-0.4, -0.2) is 11.0 Å². The van der Waals surface area contributed by atoms with E-state index in [1.165, 1.54) is 6.07 Å². The summed E-state index contributed by atoms with van der Waals surface area (Å²) in [5.74, 6) is -2.57. The second-order valence-corrected chi connectivity index (χ2v) is 7.07. The Morgan fingerprint density at radius 2 is 1.89 bits per heavy atom. The van der Waals surface area contributed by atoms with Crippen LogP contribution in [-0.2, 0) is 4.79 Å². The van der Waals surface area contributed by atoms with E-state index >= 15 is 0 Å². The zero-order valence-electron chi connectivity index (χ0n) is 13.9. The van der Waals surface area contributed by atoms with Gasteiger partial charge in [-0.15, -0.1) is 0 Å². The second-order valence-electron chi connectivity index (χ2n) is 5.82. The number of thiocarbonyl (C=S) groups is 1. The Balaban J connectivity index is 1.98. The number of carbonyl (C=O) groups excluding carboxylic acids is 1. The largest absolute Gasteiger partial charge is 0.351 e. The third-order valence-corrected chi connectivity index (χ3v) is 4.75. The molecule has 0 aromatic heterocycles. The second kappa shape index (κ2) is 7.80. The number of nitrogens with one attached hydrogen (secondary N) is 3. The molecular formula is C18H13Cl2F2N3OS. The maximum Gasteiger partial charge on any atom is 0.255 e. The van der Waals surface area contributed by atoms with Crippen LogP contribution >= 0.6 is 35.4 Å². The lowest BCUT2D eigenvalue weighted by Crippen LogP contribution is -2.45. The number of anilines is 1. The molecule has 27 heavy (non-hydrogen) atoms. The van der Waals surface area contributed by atoms with Gasteiger partial charge < -0.3 is 16.0 Å². The van der Waals surface area contributed by atoms with Gasteiger partial charge >= 0.3 is 0 Å². The van der Waals surface area contributed by atoms with Crippen molar-refractivity contribution < 1.29 is 13.6 Å². The molecule has 0 fully saturated rings. The van der Waals surface area contributed by atoms with Crippen molar-refractivity contribution in [2.75, 3.05) is 5.32 Å². The summed E-state index contributed by atoms with van der Waals surface area (Å²) >= 11 is 17.4. The topological polar surface area (TPSA) is 53.2 Å². The van der Waals surface area contributed by atoms with Crippen molar-refractivity contribution in [3.05, 3.63) is 74.9 Å². The van der Waals surface area contributed by atoms with Crippen molar-refractivity contribution in [1.29, 1.82) is 0 Å².